The highest BCUT2D eigenvalue weighted by atomic mass is 35.5. The quantitative estimate of drug-likeness (QED) is 0.722. The highest BCUT2D eigenvalue weighted by molar-refractivity contribution is 6.30. The molecule has 0 atom stereocenters. The number of aromatic amines is 1. The Kier molecular flexibility index (Phi) is 5.04. The van der Waals surface area contributed by atoms with Gasteiger partial charge < -0.3 is 15.0 Å². The molecule has 4 rings (SSSR count). The van der Waals surface area contributed by atoms with E-state index in [9.17, 15) is 4.79 Å². The van der Waals surface area contributed by atoms with Gasteiger partial charge in [0.25, 0.3) is 5.91 Å². The second-order valence-electron chi connectivity index (χ2n) is 6.13. The highest BCUT2D eigenvalue weighted by Crippen LogP contribution is 2.21. The zero-order valence-electron chi connectivity index (χ0n) is 14.5. The molecule has 0 saturated carbocycles. The minimum Gasteiger partial charge on any atom is -0.378 e. The molecule has 0 aliphatic carbocycles. The number of amides is 1. The van der Waals surface area contributed by atoms with Gasteiger partial charge in [0.1, 0.15) is 11.5 Å². The van der Waals surface area contributed by atoms with Gasteiger partial charge in [-0.15, -0.1) is 0 Å². The third-order valence-corrected chi connectivity index (χ3v) is 4.56. The van der Waals surface area contributed by atoms with E-state index in [4.69, 9.17) is 16.3 Å². The molecular formula is C19H18ClN5O2. The fraction of sp³-hybridized carbons (Fsp3) is 0.211. The Balaban J connectivity index is 1.42. The zero-order valence-corrected chi connectivity index (χ0v) is 15.2. The van der Waals surface area contributed by atoms with E-state index in [1.54, 1.807) is 24.4 Å². The summed E-state index contributed by atoms with van der Waals surface area (Å²) in [7, 11) is 0. The number of nitrogens with one attached hydrogen (secondary N) is 2. The maximum absolute atomic E-state index is 12.4. The summed E-state index contributed by atoms with van der Waals surface area (Å²) in [6, 6.07) is 12.7. The van der Waals surface area contributed by atoms with Crippen LogP contribution in [0.5, 0.6) is 0 Å². The van der Waals surface area contributed by atoms with Gasteiger partial charge in [-0.25, -0.2) is 4.98 Å². The standard InChI is InChI=1S/C19H18ClN5O2/c20-14-3-1-13(2-4-14)16-11-17(24-23-16)19(26)22-15-5-6-18(21-12-15)25-7-9-27-10-8-25/h1-6,11-12H,7-10H2,(H,22,26)(H,23,24). The Morgan fingerprint density at radius 1 is 1.15 bits per heavy atom. The predicted octanol–water partition coefficient (Wildman–Crippen LogP) is 3.21. The van der Waals surface area contributed by atoms with E-state index in [-0.39, 0.29) is 5.91 Å². The number of benzene rings is 1. The van der Waals surface area contributed by atoms with E-state index < -0.39 is 0 Å². The number of halogens is 1. The summed E-state index contributed by atoms with van der Waals surface area (Å²) in [6.07, 6.45) is 1.65. The first-order valence-electron chi connectivity index (χ1n) is 8.60. The number of hydrogen-bond donors (Lipinski definition) is 2. The number of ether oxygens (including phenoxy) is 1. The van der Waals surface area contributed by atoms with Gasteiger partial charge >= 0.3 is 0 Å². The van der Waals surface area contributed by atoms with Crippen molar-refractivity contribution in [2.75, 3.05) is 36.5 Å². The molecule has 3 aromatic rings. The molecule has 2 aromatic heterocycles. The molecule has 27 heavy (non-hydrogen) atoms. The molecular weight excluding hydrogens is 366 g/mol. The topological polar surface area (TPSA) is 83.1 Å². The lowest BCUT2D eigenvalue weighted by molar-refractivity contribution is 0.102. The molecule has 1 aromatic carbocycles. The van der Waals surface area contributed by atoms with Gasteiger partial charge in [-0.05, 0) is 30.3 Å². The largest absolute Gasteiger partial charge is 0.378 e. The van der Waals surface area contributed by atoms with Crippen molar-refractivity contribution in [1.29, 1.82) is 0 Å². The summed E-state index contributed by atoms with van der Waals surface area (Å²) < 4.78 is 5.34. The normalized spacial score (nSPS) is 14.2. The van der Waals surface area contributed by atoms with Crippen LogP contribution in [0.4, 0.5) is 11.5 Å². The summed E-state index contributed by atoms with van der Waals surface area (Å²) in [5.41, 5.74) is 2.56. The number of morpholine rings is 1. The van der Waals surface area contributed by atoms with Crippen molar-refractivity contribution in [3.05, 3.63) is 59.4 Å². The summed E-state index contributed by atoms with van der Waals surface area (Å²) in [6.45, 7) is 3.05. The number of rotatable bonds is 4. The first-order valence-corrected chi connectivity index (χ1v) is 8.98. The van der Waals surface area contributed by atoms with Crippen LogP contribution in [-0.4, -0.2) is 47.4 Å². The lowest BCUT2D eigenvalue weighted by Gasteiger charge is -2.27. The zero-order chi connectivity index (χ0) is 18.6. The first-order chi connectivity index (χ1) is 13.2. The Morgan fingerprint density at radius 2 is 1.93 bits per heavy atom. The molecule has 8 heteroatoms. The average molecular weight is 384 g/mol. The monoisotopic (exact) mass is 383 g/mol. The van der Waals surface area contributed by atoms with Crippen LogP contribution in [-0.2, 0) is 4.74 Å². The number of pyridine rings is 1. The SMILES string of the molecule is O=C(Nc1ccc(N2CCOCC2)nc1)c1cc(-c2ccc(Cl)cc2)n[nH]1. The summed E-state index contributed by atoms with van der Waals surface area (Å²) in [5, 5.41) is 10.4. The maximum Gasteiger partial charge on any atom is 0.273 e. The highest BCUT2D eigenvalue weighted by Gasteiger charge is 2.14. The maximum atomic E-state index is 12.4. The van der Waals surface area contributed by atoms with Gasteiger partial charge in [-0.2, -0.15) is 5.10 Å². The van der Waals surface area contributed by atoms with E-state index in [0.29, 0.717) is 35.3 Å². The molecule has 1 aliphatic rings. The predicted molar refractivity (Wildman–Crippen MR) is 104 cm³/mol. The third kappa shape index (κ3) is 4.10. The van der Waals surface area contributed by atoms with Crippen LogP contribution in [0, 0.1) is 0 Å². The van der Waals surface area contributed by atoms with E-state index in [2.05, 4.69) is 25.4 Å². The Bertz CT molecular complexity index is 918. The fourth-order valence-corrected chi connectivity index (χ4v) is 2.97. The number of carbonyl (C=O) groups excluding carboxylic acids is 1. The van der Waals surface area contributed by atoms with Gasteiger partial charge in [0.15, 0.2) is 0 Å². The second kappa shape index (κ2) is 7.77. The fourth-order valence-electron chi connectivity index (χ4n) is 2.84. The molecule has 1 amide bonds. The van der Waals surface area contributed by atoms with Crippen molar-refractivity contribution in [2.45, 2.75) is 0 Å². The molecule has 2 N–H and O–H groups in total. The first kappa shape index (κ1) is 17.5. The van der Waals surface area contributed by atoms with Gasteiger partial charge in [0, 0.05) is 23.7 Å². The average Bonchev–Trinajstić information content (AvgIpc) is 3.20. The van der Waals surface area contributed by atoms with Crippen LogP contribution in [0.3, 0.4) is 0 Å². The van der Waals surface area contributed by atoms with Crippen LogP contribution in [0.15, 0.2) is 48.7 Å². The number of hydrogen-bond acceptors (Lipinski definition) is 5. The van der Waals surface area contributed by atoms with Crippen LogP contribution in [0.2, 0.25) is 5.02 Å². The molecule has 0 radical (unpaired) electrons. The van der Waals surface area contributed by atoms with Crippen LogP contribution in [0.1, 0.15) is 10.5 Å². The minimum absolute atomic E-state index is 0.274. The lowest BCUT2D eigenvalue weighted by Crippen LogP contribution is -2.36. The van der Waals surface area contributed by atoms with Gasteiger partial charge in [-0.1, -0.05) is 23.7 Å². The summed E-state index contributed by atoms with van der Waals surface area (Å²) in [4.78, 5) is 19.0. The Hall–Kier alpha value is -2.90. The number of nitrogens with zero attached hydrogens (tertiary/aromatic N) is 3. The third-order valence-electron chi connectivity index (χ3n) is 4.30. The lowest BCUT2D eigenvalue weighted by atomic mass is 10.1. The number of H-pyrrole nitrogens is 1. The van der Waals surface area contributed by atoms with Crippen LogP contribution >= 0.6 is 11.6 Å². The van der Waals surface area contributed by atoms with E-state index >= 15 is 0 Å². The molecule has 1 saturated heterocycles. The molecule has 7 nitrogen and oxygen atoms in total. The molecule has 1 aliphatic heterocycles. The number of aromatic nitrogens is 3. The molecule has 0 spiro atoms. The number of anilines is 2. The Morgan fingerprint density at radius 3 is 2.63 bits per heavy atom. The van der Waals surface area contributed by atoms with Crippen molar-refractivity contribution in [3.8, 4) is 11.3 Å². The van der Waals surface area contributed by atoms with Gasteiger partial charge in [0.05, 0.1) is 30.8 Å². The van der Waals surface area contributed by atoms with Gasteiger partial charge in [-0.3, -0.25) is 9.89 Å². The summed E-state index contributed by atoms with van der Waals surface area (Å²) in [5.74, 6) is 0.603. The molecule has 138 valence electrons. The Labute approximate surface area is 161 Å². The molecule has 0 bridgehead atoms. The van der Waals surface area contributed by atoms with Crippen molar-refractivity contribution >= 4 is 29.0 Å². The van der Waals surface area contributed by atoms with Crippen molar-refractivity contribution < 1.29 is 9.53 Å². The minimum atomic E-state index is -0.274. The molecule has 3 heterocycles. The summed E-state index contributed by atoms with van der Waals surface area (Å²) >= 11 is 5.90. The van der Waals surface area contributed by atoms with Crippen LogP contribution in [0.25, 0.3) is 11.3 Å². The number of carbonyl (C=O) groups is 1. The second-order valence-corrected chi connectivity index (χ2v) is 6.57. The van der Waals surface area contributed by atoms with Crippen LogP contribution < -0.4 is 10.2 Å². The van der Waals surface area contributed by atoms with Crippen molar-refractivity contribution in [3.63, 3.8) is 0 Å². The van der Waals surface area contributed by atoms with E-state index in [1.165, 1.54) is 0 Å². The van der Waals surface area contributed by atoms with Crippen molar-refractivity contribution in [2.24, 2.45) is 0 Å². The van der Waals surface area contributed by atoms with Crippen molar-refractivity contribution in [1.82, 2.24) is 15.2 Å². The van der Waals surface area contributed by atoms with E-state index in [1.807, 2.05) is 24.3 Å². The smallest absolute Gasteiger partial charge is 0.273 e. The molecule has 0 unspecified atom stereocenters. The van der Waals surface area contributed by atoms with Gasteiger partial charge in [0.2, 0.25) is 0 Å². The molecule has 1 fully saturated rings. The van der Waals surface area contributed by atoms with E-state index in [0.717, 1.165) is 24.5 Å².